The molecule has 0 amide bonds. The van der Waals surface area contributed by atoms with E-state index in [1.54, 1.807) is 0 Å². The number of rotatable bonds is 6. The van der Waals surface area contributed by atoms with Crippen LogP contribution in [-0.4, -0.2) is 36.3 Å². The highest BCUT2D eigenvalue weighted by Crippen LogP contribution is 2.14. The zero-order valence-electron chi connectivity index (χ0n) is 12.8. The van der Waals surface area contributed by atoms with Crippen LogP contribution < -0.4 is 5.32 Å². The van der Waals surface area contributed by atoms with Crippen LogP contribution >= 0.6 is 0 Å². The molecule has 21 heavy (non-hydrogen) atoms. The first-order valence-electron chi connectivity index (χ1n) is 7.73. The van der Waals surface area contributed by atoms with E-state index in [2.05, 4.69) is 44.2 Å². The highest BCUT2D eigenvalue weighted by atomic mass is 15.4. The summed E-state index contributed by atoms with van der Waals surface area (Å²) in [4.78, 5) is 0. The van der Waals surface area contributed by atoms with Crippen LogP contribution in [0, 0.1) is 5.92 Å². The van der Waals surface area contributed by atoms with Crippen LogP contribution in [0.25, 0.3) is 0 Å². The van der Waals surface area contributed by atoms with E-state index in [0.717, 1.165) is 43.4 Å². The van der Waals surface area contributed by atoms with Gasteiger partial charge >= 0.3 is 0 Å². The van der Waals surface area contributed by atoms with E-state index >= 15 is 0 Å². The zero-order chi connectivity index (χ0) is 14.7. The van der Waals surface area contributed by atoms with Crippen molar-refractivity contribution in [3.05, 3.63) is 23.5 Å². The van der Waals surface area contributed by atoms with Crippen molar-refractivity contribution in [2.75, 3.05) is 6.54 Å². The third-order valence-corrected chi connectivity index (χ3v) is 3.68. The fraction of sp³-hybridized carbons (Fsp3) is 0.714. The molecular formula is C14H23N7. The average molecular weight is 289 g/mol. The van der Waals surface area contributed by atoms with E-state index in [0.29, 0.717) is 12.5 Å². The Kier molecular flexibility index (Phi) is 4.28. The maximum atomic E-state index is 4.30. The van der Waals surface area contributed by atoms with Crippen LogP contribution in [0.2, 0.25) is 0 Å². The summed E-state index contributed by atoms with van der Waals surface area (Å²) in [5.41, 5.74) is 0.967. The van der Waals surface area contributed by atoms with E-state index in [-0.39, 0.29) is 0 Å². The summed E-state index contributed by atoms with van der Waals surface area (Å²) in [6.45, 7) is 7.80. The number of hydrogen-bond donors (Lipinski definition) is 1. The van der Waals surface area contributed by atoms with Gasteiger partial charge in [0.2, 0.25) is 0 Å². The number of fused-ring (bicyclic) bond motifs is 1. The molecule has 1 N–H and O–H groups in total. The lowest BCUT2D eigenvalue weighted by Crippen LogP contribution is -2.19. The number of nitrogens with one attached hydrogen (secondary N) is 1. The first-order valence-corrected chi connectivity index (χ1v) is 7.73. The van der Waals surface area contributed by atoms with Crippen LogP contribution in [-0.2, 0) is 26.1 Å². The van der Waals surface area contributed by atoms with Crippen LogP contribution in [0.3, 0.4) is 0 Å². The molecule has 1 aliphatic rings. The van der Waals surface area contributed by atoms with Gasteiger partial charge in [0, 0.05) is 19.5 Å². The Bertz CT molecular complexity index is 584. The summed E-state index contributed by atoms with van der Waals surface area (Å²) >= 11 is 0. The third-order valence-electron chi connectivity index (χ3n) is 3.68. The first-order chi connectivity index (χ1) is 10.2. The minimum atomic E-state index is 0.641. The lowest BCUT2D eigenvalue weighted by atomic mass is 10.2. The Hall–Kier alpha value is -1.76. The fourth-order valence-electron chi connectivity index (χ4n) is 2.62. The standard InChI is InChI=1S/C14H23N7/c1-11(2)7-15-8-12-9-20(19-16-12)10-14-18-17-13-5-3-4-6-21(13)14/h9,11,15H,3-8,10H2,1-2H3. The van der Waals surface area contributed by atoms with Crippen molar-refractivity contribution in [3.8, 4) is 0 Å². The van der Waals surface area contributed by atoms with Crippen LogP contribution in [0.1, 0.15) is 44.0 Å². The van der Waals surface area contributed by atoms with Crippen molar-refractivity contribution in [1.82, 2.24) is 35.1 Å². The van der Waals surface area contributed by atoms with Gasteiger partial charge in [0.15, 0.2) is 5.82 Å². The van der Waals surface area contributed by atoms with Crippen LogP contribution in [0.15, 0.2) is 6.20 Å². The summed E-state index contributed by atoms with van der Waals surface area (Å²) in [6.07, 6.45) is 5.44. The minimum Gasteiger partial charge on any atom is -0.313 e. The quantitative estimate of drug-likeness (QED) is 0.859. The van der Waals surface area contributed by atoms with Crippen molar-refractivity contribution >= 4 is 0 Å². The first kappa shape index (κ1) is 14.2. The third kappa shape index (κ3) is 3.47. The van der Waals surface area contributed by atoms with E-state index in [9.17, 15) is 0 Å². The lowest BCUT2D eigenvalue weighted by Gasteiger charge is -2.14. The Morgan fingerprint density at radius 1 is 1.24 bits per heavy atom. The molecule has 0 saturated carbocycles. The van der Waals surface area contributed by atoms with Crippen LogP contribution in [0.4, 0.5) is 0 Å². The van der Waals surface area contributed by atoms with E-state index in [4.69, 9.17) is 0 Å². The molecule has 0 unspecified atom stereocenters. The van der Waals surface area contributed by atoms with Gasteiger partial charge in [-0.05, 0) is 25.3 Å². The Balaban J connectivity index is 1.60. The number of hydrogen-bond acceptors (Lipinski definition) is 5. The molecule has 2 aromatic rings. The lowest BCUT2D eigenvalue weighted by molar-refractivity contribution is 0.493. The van der Waals surface area contributed by atoms with Crippen molar-refractivity contribution in [2.24, 2.45) is 5.92 Å². The molecular weight excluding hydrogens is 266 g/mol. The van der Waals surface area contributed by atoms with Gasteiger partial charge in [-0.3, -0.25) is 0 Å². The molecule has 114 valence electrons. The monoisotopic (exact) mass is 289 g/mol. The molecule has 7 heteroatoms. The summed E-state index contributed by atoms with van der Waals surface area (Å²) < 4.78 is 4.07. The van der Waals surface area contributed by atoms with Gasteiger partial charge in [0.1, 0.15) is 12.4 Å². The fourth-order valence-corrected chi connectivity index (χ4v) is 2.62. The molecule has 0 fully saturated rings. The van der Waals surface area contributed by atoms with Gasteiger partial charge in [-0.25, -0.2) is 4.68 Å². The molecule has 3 heterocycles. The Labute approximate surface area is 124 Å². The highest BCUT2D eigenvalue weighted by molar-refractivity contribution is 5.00. The number of aromatic nitrogens is 6. The van der Waals surface area contributed by atoms with Gasteiger partial charge in [0.05, 0.1) is 11.9 Å². The molecule has 0 atom stereocenters. The second-order valence-electron chi connectivity index (χ2n) is 6.07. The van der Waals surface area contributed by atoms with Gasteiger partial charge in [-0.2, -0.15) is 0 Å². The zero-order valence-corrected chi connectivity index (χ0v) is 12.8. The SMILES string of the molecule is CC(C)CNCc1cn(Cc2nnc3n2CCCC3)nn1. The summed E-state index contributed by atoms with van der Waals surface area (Å²) in [7, 11) is 0. The molecule has 0 spiro atoms. The highest BCUT2D eigenvalue weighted by Gasteiger charge is 2.16. The van der Waals surface area contributed by atoms with Crippen molar-refractivity contribution in [2.45, 2.75) is 52.7 Å². The van der Waals surface area contributed by atoms with Crippen LogP contribution in [0.5, 0.6) is 0 Å². The van der Waals surface area contributed by atoms with Crippen molar-refractivity contribution in [3.63, 3.8) is 0 Å². The molecule has 0 saturated heterocycles. The molecule has 7 nitrogen and oxygen atoms in total. The predicted molar refractivity (Wildman–Crippen MR) is 78.6 cm³/mol. The summed E-state index contributed by atoms with van der Waals surface area (Å²) in [6, 6.07) is 0. The van der Waals surface area contributed by atoms with Gasteiger partial charge in [-0.15, -0.1) is 15.3 Å². The number of aryl methyl sites for hydroxylation is 1. The molecule has 3 rings (SSSR count). The predicted octanol–water partition coefficient (Wildman–Crippen LogP) is 1.000. The Morgan fingerprint density at radius 3 is 3.00 bits per heavy atom. The van der Waals surface area contributed by atoms with Crippen molar-refractivity contribution < 1.29 is 0 Å². The summed E-state index contributed by atoms with van der Waals surface area (Å²) in [5, 5.41) is 20.3. The Morgan fingerprint density at radius 2 is 2.14 bits per heavy atom. The second kappa shape index (κ2) is 6.34. The average Bonchev–Trinajstić information content (AvgIpc) is 3.07. The summed E-state index contributed by atoms with van der Waals surface area (Å²) in [5.74, 6) is 2.73. The molecule has 0 bridgehead atoms. The molecule has 0 aromatic carbocycles. The van der Waals surface area contributed by atoms with E-state index < -0.39 is 0 Å². The molecule has 0 aliphatic carbocycles. The van der Waals surface area contributed by atoms with E-state index in [1.807, 2.05) is 10.9 Å². The normalized spacial score (nSPS) is 14.6. The maximum Gasteiger partial charge on any atom is 0.154 e. The smallest absolute Gasteiger partial charge is 0.154 e. The van der Waals surface area contributed by atoms with Gasteiger partial charge in [0.25, 0.3) is 0 Å². The van der Waals surface area contributed by atoms with Crippen molar-refractivity contribution in [1.29, 1.82) is 0 Å². The van der Waals surface area contributed by atoms with Gasteiger partial charge < -0.3 is 9.88 Å². The van der Waals surface area contributed by atoms with Gasteiger partial charge in [-0.1, -0.05) is 19.1 Å². The van der Waals surface area contributed by atoms with E-state index in [1.165, 1.54) is 12.8 Å². The maximum absolute atomic E-state index is 4.30. The molecule has 0 radical (unpaired) electrons. The second-order valence-corrected chi connectivity index (χ2v) is 6.07. The molecule has 1 aliphatic heterocycles. The number of nitrogens with zero attached hydrogens (tertiary/aromatic N) is 6. The topological polar surface area (TPSA) is 73.5 Å². The minimum absolute atomic E-state index is 0.641. The largest absolute Gasteiger partial charge is 0.313 e. The molecule has 2 aromatic heterocycles.